The van der Waals surface area contributed by atoms with Gasteiger partial charge in [0.15, 0.2) is 11.5 Å². The Balaban J connectivity index is 1.85. The summed E-state index contributed by atoms with van der Waals surface area (Å²) in [6.07, 6.45) is 1.28. The minimum absolute atomic E-state index is 0.0594. The summed E-state index contributed by atoms with van der Waals surface area (Å²) in [4.78, 5) is 13.8. The number of piperidine rings is 1. The summed E-state index contributed by atoms with van der Waals surface area (Å²) in [5, 5.41) is 11.8. The fourth-order valence-electron chi connectivity index (χ4n) is 4.58. The Hall–Kier alpha value is -3.05. The lowest BCUT2D eigenvalue weighted by molar-refractivity contribution is -0.143. The summed E-state index contributed by atoms with van der Waals surface area (Å²) in [5.74, 6) is 0.441. The molecule has 1 fully saturated rings. The molecule has 0 saturated carbocycles. The topological polar surface area (TPSA) is 59.0 Å². The van der Waals surface area contributed by atoms with Gasteiger partial charge in [0.1, 0.15) is 0 Å². The van der Waals surface area contributed by atoms with Crippen molar-refractivity contribution in [1.29, 1.82) is 0 Å². The van der Waals surface area contributed by atoms with E-state index in [9.17, 15) is 9.90 Å². The van der Waals surface area contributed by atoms with Crippen LogP contribution in [0.1, 0.15) is 30.0 Å². The highest BCUT2D eigenvalue weighted by Gasteiger charge is 2.33. The largest absolute Gasteiger partial charge is 0.493 e. The van der Waals surface area contributed by atoms with Gasteiger partial charge in [-0.15, -0.1) is 0 Å². The Morgan fingerprint density at radius 3 is 2.30 bits per heavy atom. The van der Waals surface area contributed by atoms with Gasteiger partial charge in [0.05, 0.1) is 26.2 Å². The highest BCUT2D eigenvalue weighted by molar-refractivity contribution is 5.86. The zero-order valence-electron chi connectivity index (χ0n) is 17.4. The standard InChI is InChI=1S/C25H27NO4/c1-29-22-12-6-11-21(24(22)30-2)23(26-15-13-18(14-16-26)25(27)28)20-10-5-8-17-7-3-4-9-19(17)20/h3-12,18,23H,13-16H2,1-2H3,(H,27,28). The van der Waals surface area contributed by atoms with E-state index in [4.69, 9.17) is 9.47 Å². The van der Waals surface area contributed by atoms with E-state index in [0.717, 1.165) is 11.3 Å². The molecule has 5 heteroatoms. The van der Waals surface area contributed by atoms with Gasteiger partial charge in [-0.25, -0.2) is 0 Å². The SMILES string of the molecule is COc1cccc(C(c2cccc3ccccc23)N2CCC(C(=O)O)CC2)c1OC. The zero-order chi connectivity index (χ0) is 21.1. The van der Waals surface area contributed by atoms with E-state index in [1.807, 2.05) is 18.2 Å². The van der Waals surface area contributed by atoms with Gasteiger partial charge < -0.3 is 14.6 Å². The van der Waals surface area contributed by atoms with Crippen LogP contribution >= 0.6 is 0 Å². The molecular formula is C25H27NO4. The fourth-order valence-corrected chi connectivity index (χ4v) is 4.58. The van der Waals surface area contributed by atoms with Crippen LogP contribution in [0.2, 0.25) is 0 Å². The quantitative estimate of drug-likeness (QED) is 0.642. The van der Waals surface area contributed by atoms with E-state index in [-0.39, 0.29) is 12.0 Å². The van der Waals surface area contributed by atoms with Gasteiger partial charge >= 0.3 is 5.97 Å². The Morgan fingerprint density at radius 2 is 1.60 bits per heavy atom. The van der Waals surface area contributed by atoms with Gasteiger partial charge in [-0.2, -0.15) is 0 Å². The van der Waals surface area contributed by atoms with Crippen LogP contribution in [-0.4, -0.2) is 43.3 Å². The zero-order valence-corrected chi connectivity index (χ0v) is 17.4. The maximum absolute atomic E-state index is 11.5. The average molecular weight is 405 g/mol. The number of para-hydroxylation sites is 1. The van der Waals surface area contributed by atoms with E-state index in [1.54, 1.807) is 14.2 Å². The second-order valence-electron chi connectivity index (χ2n) is 7.70. The molecule has 0 aromatic heterocycles. The highest BCUT2D eigenvalue weighted by atomic mass is 16.5. The van der Waals surface area contributed by atoms with Crippen molar-refractivity contribution in [1.82, 2.24) is 4.90 Å². The van der Waals surface area contributed by atoms with Crippen LogP contribution in [0, 0.1) is 5.92 Å². The molecule has 0 amide bonds. The van der Waals surface area contributed by atoms with E-state index in [1.165, 1.54) is 16.3 Å². The normalized spacial score (nSPS) is 16.3. The predicted molar refractivity (Wildman–Crippen MR) is 117 cm³/mol. The van der Waals surface area contributed by atoms with Crippen molar-refractivity contribution in [2.45, 2.75) is 18.9 Å². The molecule has 3 aromatic carbocycles. The maximum atomic E-state index is 11.5. The Morgan fingerprint density at radius 1 is 0.933 bits per heavy atom. The van der Waals surface area contributed by atoms with Crippen molar-refractivity contribution >= 4 is 16.7 Å². The molecule has 0 radical (unpaired) electrons. The first kappa shape index (κ1) is 20.2. The molecule has 1 aliphatic heterocycles. The molecular weight excluding hydrogens is 378 g/mol. The number of rotatable bonds is 6. The van der Waals surface area contributed by atoms with Crippen LogP contribution in [0.3, 0.4) is 0 Å². The number of carboxylic acids is 1. The third kappa shape index (κ3) is 3.73. The first-order valence-electron chi connectivity index (χ1n) is 10.3. The summed E-state index contributed by atoms with van der Waals surface area (Å²) in [6, 6.07) is 20.6. The summed E-state index contributed by atoms with van der Waals surface area (Å²) in [7, 11) is 3.31. The third-order valence-corrected chi connectivity index (χ3v) is 6.09. The molecule has 5 nitrogen and oxygen atoms in total. The minimum Gasteiger partial charge on any atom is -0.493 e. The summed E-state index contributed by atoms with van der Waals surface area (Å²) in [6.45, 7) is 1.43. The maximum Gasteiger partial charge on any atom is 0.306 e. The number of nitrogens with zero attached hydrogens (tertiary/aromatic N) is 1. The average Bonchev–Trinajstić information content (AvgIpc) is 2.79. The van der Waals surface area contributed by atoms with E-state index in [0.29, 0.717) is 31.7 Å². The van der Waals surface area contributed by atoms with E-state index >= 15 is 0 Å². The molecule has 0 aliphatic carbocycles. The van der Waals surface area contributed by atoms with Crippen LogP contribution in [-0.2, 0) is 4.79 Å². The Bertz CT molecular complexity index is 1040. The number of carboxylic acid groups (broad SMARTS) is 1. The molecule has 1 saturated heterocycles. The molecule has 1 heterocycles. The molecule has 156 valence electrons. The van der Waals surface area contributed by atoms with E-state index < -0.39 is 5.97 Å². The van der Waals surface area contributed by atoms with Crippen LogP contribution in [0.25, 0.3) is 10.8 Å². The smallest absolute Gasteiger partial charge is 0.306 e. The molecule has 1 N–H and O–H groups in total. The van der Waals surface area contributed by atoms with E-state index in [2.05, 4.69) is 47.4 Å². The number of fused-ring (bicyclic) bond motifs is 1. The first-order chi connectivity index (χ1) is 14.6. The number of hydrogen-bond donors (Lipinski definition) is 1. The van der Waals surface area contributed by atoms with Crippen molar-refractivity contribution in [2.24, 2.45) is 5.92 Å². The number of methoxy groups -OCH3 is 2. The second-order valence-corrected chi connectivity index (χ2v) is 7.70. The van der Waals surface area contributed by atoms with Crippen LogP contribution < -0.4 is 9.47 Å². The van der Waals surface area contributed by atoms with Crippen molar-refractivity contribution in [3.05, 3.63) is 71.8 Å². The molecule has 0 spiro atoms. The van der Waals surface area contributed by atoms with Gasteiger partial charge in [-0.05, 0) is 48.3 Å². The minimum atomic E-state index is -0.699. The summed E-state index contributed by atoms with van der Waals surface area (Å²) in [5.41, 5.74) is 2.22. The Kier molecular flexibility index (Phi) is 5.91. The Labute approximate surface area is 176 Å². The van der Waals surface area contributed by atoms with Crippen LogP contribution in [0.4, 0.5) is 0 Å². The molecule has 3 aromatic rings. The highest BCUT2D eigenvalue weighted by Crippen LogP contribution is 2.43. The summed E-state index contributed by atoms with van der Waals surface area (Å²) >= 11 is 0. The number of ether oxygens (including phenoxy) is 2. The van der Waals surface area contributed by atoms with Crippen molar-refractivity contribution < 1.29 is 19.4 Å². The summed E-state index contributed by atoms with van der Waals surface area (Å²) < 4.78 is 11.4. The molecule has 1 unspecified atom stereocenters. The van der Waals surface area contributed by atoms with Gasteiger partial charge in [-0.3, -0.25) is 9.69 Å². The predicted octanol–water partition coefficient (Wildman–Crippen LogP) is 4.74. The number of carbonyl (C=O) groups is 1. The monoisotopic (exact) mass is 405 g/mol. The number of aliphatic carboxylic acids is 1. The molecule has 30 heavy (non-hydrogen) atoms. The second kappa shape index (κ2) is 8.76. The lowest BCUT2D eigenvalue weighted by Gasteiger charge is -2.38. The number of likely N-dealkylation sites (tertiary alicyclic amines) is 1. The number of hydrogen-bond acceptors (Lipinski definition) is 4. The van der Waals surface area contributed by atoms with Gasteiger partial charge in [0.2, 0.25) is 0 Å². The van der Waals surface area contributed by atoms with Crippen LogP contribution in [0.5, 0.6) is 11.5 Å². The van der Waals surface area contributed by atoms with Gasteiger partial charge in [-0.1, -0.05) is 54.6 Å². The molecule has 4 rings (SSSR count). The van der Waals surface area contributed by atoms with Gasteiger partial charge in [0.25, 0.3) is 0 Å². The molecule has 1 aliphatic rings. The fraction of sp³-hybridized carbons (Fsp3) is 0.320. The lowest BCUT2D eigenvalue weighted by Crippen LogP contribution is -2.39. The lowest BCUT2D eigenvalue weighted by atomic mass is 9.88. The first-order valence-corrected chi connectivity index (χ1v) is 10.3. The van der Waals surface area contributed by atoms with Crippen molar-refractivity contribution in [2.75, 3.05) is 27.3 Å². The molecule has 1 atom stereocenters. The van der Waals surface area contributed by atoms with Crippen molar-refractivity contribution in [3.8, 4) is 11.5 Å². The molecule has 0 bridgehead atoms. The van der Waals surface area contributed by atoms with Gasteiger partial charge in [0, 0.05) is 5.56 Å². The number of benzene rings is 3. The van der Waals surface area contributed by atoms with Crippen molar-refractivity contribution in [3.63, 3.8) is 0 Å². The third-order valence-electron chi connectivity index (χ3n) is 6.09. The van der Waals surface area contributed by atoms with Crippen LogP contribution in [0.15, 0.2) is 60.7 Å².